The topological polar surface area (TPSA) is 0 Å². The quantitative estimate of drug-likeness (QED) is 0.310. The van der Waals surface area contributed by atoms with Gasteiger partial charge in [-0.05, 0) is 0 Å². The Labute approximate surface area is 54.4 Å². The van der Waals surface area contributed by atoms with E-state index in [2.05, 4.69) is 0 Å². The molecule has 0 heterocycles. The van der Waals surface area contributed by atoms with Crippen molar-refractivity contribution in [1.82, 2.24) is 0 Å². The monoisotopic (exact) mass is 161 g/mol. The molecule has 0 amide bonds. The van der Waals surface area contributed by atoms with Crippen molar-refractivity contribution in [1.29, 1.82) is 0 Å². The molecule has 0 rings (SSSR count). The maximum absolute atomic E-state index is 0. The summed E-state index contributed by atoms with van der Waals surface area (Å²) >= 11 is 0. The zero-order valence-electron chi connectivity index (χ0n) is 1.49. The Morgan fingerprint density at radius 1 is 0.500 bits per heavy atom. The first-order valence-corrected chi connectivity index (χ1v) is 0. The summed E-state index contributed by atoms with van der Waals surface area (Å²) in [5.74, 6) is 0. The Hall–Kier alpha value is 1.39. The van der Waals surface area contributed by atoms with Crippen LogP contribution in [0.15, 0.2) is 0 Å². The molecule has 0 aromatic carbocycles. The van der Waals surface area contributed by atoms with Gasteiger partial charge in [-0.3, -0.25) is 0 Å². The van der Waals surface area contributed by atoms with Gasteiger partial charge in [0.25, 0.3) is 0 Å². The van der Waals surface area contributed by atoms with E-state index in [1.54, 1.807) is 0 Å². The molecule has 0 radical (unpaired) electrons. The van der Waals surface area contributed by atoms with E-state index < -0.39 is 0 Å². The molecule has 4 heavy (non-hydrogen) atoms. The Morgan fingerprint density at radius 3 is 0.500 bits per heavy atom. The van der Waals surface area contributed by atoms with Crippen LogP contribution in [0.1, 0.15) is 0 Å². The zero-order valence-corrected chi connectivity index (χ0v) is 4.86. The minimum Gasteiger partial charge on any atom is -1.00 e. The van der Waals surface area contributed by atoms with Gasteiger partial charge in [0, 0.05) is 17.1 Å². The molecule has 0 nitrogen and oxygen atoms in total. The average Bonchev–Trinajstić information content (AvgIpc) is 0. The van der Waals surface area contributed by atoms with Gasteiger partial charge in [-0.2, -0.15) is 0 Å². The summed E-state index contributed by atoms with van der Waals surface area (Å²) in [7, 11) is 0. The molecule has 0 aliphatic rings. The third kappa shape index (κ3) is 10.0. The first-order valence-electron chi connectivity index (χ1n) is 0. The van der Waals surface area contributed by atoms with Crippen molar-refractivity contribution in [3.8, 4) is 0 Å². The maximum Gasteiger partial charge on any atom is 0 e. The van der Waals surface area contributed by atoms with Crippen molar-refractivity contribution in [2.75, 3.05) is 0 Å². The normalized spacial score (nSPS) is 0. The van der Waals surface area contributed by atoms with Crippen molar-refractivity contribution in [3.63, 3.8) is 0 Å². The fourth-order valence-electron chi connectivity index (χ4n) is 0. The first kappa shape index (κ1) is 53.8. The predicted octanol–water partition coefficient (Wildman–Crippen LogP) is -8.99. The second-order valence-electron chi connectivity index (χ2n) is 0. The summed E-state index contributed by atoms with van der Waals surface area (Å²) in [6.45, 7) is 0. The summed E-state index contributed by atoms with van der Waals surface area (Å²) in [4.78, 5) is 0. The van der Waals surface area contributed by atoms with E-state index in [1.807, 2.05) is 0 Å². The molecule has 0 atom stereocenters. The Bertz CT molecular complexity index is 3.25. The largest absolute Gasteiger partial charge is 1.00 e. The summed E-state index contributed by atoms with van der Waals surface area (Å²) < 4.78 is 0. The molecule has 4 heteroatoms. The molecule has 32 valence electrons. The number of rotatable bonds is 0. The number of hydrogen-bond acceptors (Lipinski definition) is 0. The summed E-state index contributed by atoms with van der Waals surface area (Å²) in [5, 5.41) is 0. The smallest absolute Gasteiger partial charge is 0 e. The van der Waals surface area contributed by atoms with Crippen LogP contribution < -0.4 is 37.2 Å². The Morgan fingerprint density at radius 2 is 0.500 bits per heavy atom. The second kappa shape index (κ2) is 26.1. The van der Waals surface area contributed by atoms with Gasteiger partial charge in [-0.1, -0.05) is 0 Å². The molecule has 0 aliphatic carbocycles. The van der Waals surface area contributed by atoms with Gasteiger partial charge in [0.1, 0.15) is 0 Å². The van der Waals surface area contributed by atoms with Gasteiger partial charge in [0.15, 0.2) is 0 Å². The molecule has 0 unspecified atom stereocenters. The van der Waals surface area contributed by atoms with E-state index in [9.17, 15) is 0 Å². The third-order valence-electron chi connectivity index (χ3n) is 0. The van der Waals surface area contributed by atoms with E-state index in [4.69, 9.17) is 0 Å². The molecule has 0 aromatic rings. The minimum atomic E-state index is 0. The molecule has 0 saturated carbocycles. The van der Waals surface area contributed by atoms with Crippen LogP contribution in [0.4, 0.5) is 0 Å². The molecule has 0 aliphatic heterocycles. The summed E-state index contributed by atoms with van der Waals surface area (Å²) in [6, 6.07) is 0. The maximum atomic E-state index is 0. The van der Waals surface area contributed by atoms with Gasteiger partial charge < -0.3 is 37.2 Å². The van der Waals surface area contributed by atoms with Crippen LogP contribution in [0.5, 0.6) is 0 Å². The molecule has 0 fully saturated rings. The Balaban J connectivity index is 0. The van der Waals surface area contributed by atoms with Crippen LogP contribution in [-0.4, -0.2) is 0 Å². The minimum absolute atomic E-state index is 0. The van der Waals surface area contributed by atoms with E-state index >= 15 is 0 Å². The predicted molar refractivity (Wildman–Crippen MR) is 0 cm³/mol. The van der Waals surface area contributed by atoms with Gasteiger partial charge in [0.05, 0.1) is 0 Å². The van der Waals surface area contributed by atoms with Crippen LogP contribution in [0.2, 0.25) is 0 Å². The van der Waals surface area contributed by atoms with Gasteiger partial charge in [-0.25, -0.2) is 0 Å². The van der Waals surface area contributed by atoms with Crippen LogP contribution in [0.25, 0.3) is 0 Å². The van der Waals surface area contributed by atoms with E-state index in [-0.39, 0.29) is 54.3 Å². The fourth-order valence-corrected chi connectivity index (χ4v) is 0. The van der Waals surface area contributed by atoms with E-state index in [0.29, 0.717) is 0 Å². The van der Waals surface area contributed by atoms with Crippen LogP contribution in [0, 0.1) is 0 Å². The van der Waals surface area contributed by atoms with Crippen LogP contribution >= 0.6 is 0 Å². The average molecular weight is 162 g/mol. The summed E-state index contributed by atoms with van der Waals surface area (Å²) in [6.07, 6.45) is 0. The summed E-state index contributed by atoms with van der Waals surface area (Å²) in [5.41, 5.74) is 0. The van der Waals surface area contributed by atoms with E-state index in [0.717, 1.165) is 0 Å². The van der Waals surface area contributed by atoms with Crippen molar-refractivity contribution < 1.29 is 54.3 Å². The molecule has 0 bridgehead atoms. The van der Waals surface area contributed by atoms with Crippen molar-refractivity contribution in [2.45, 2.75) is 0 Å². The van der Waals surface area contributed by atoms with E-state index in [1.165, 1.54) is 0 Å². The first-order chi connectivity index (χ1) is 0. The number of hydrogen-bond donors (Lipinski definition) is 0. The van der Waals surface area contributed by atoms with Crippen molar-refractivity contribution in [3.05, 3.63) is 0 Å². The molecule has 0 N–H and O–H groups in total. The van der Waals surface area contributed by atoms with Crippen molar-refractivity contribution >= 4 is 0 Å². The molecule has 0 saturated heterocycles. The van der Waals surface area contributed by atoms with Crippen LogP contribution in [-0.2, 0) is 17.1 Å². The molecule has 0 spiro atoms. The SMILES string of the molecule is [Cl-].[Cl-].[Cl-].[Fe]. The molecule has 0 aromatic heterocycles. The van der Waals surface area contributed by atoms with Gasteiger partial charge in [0.2, 0.25) is 0 Å². The van der Waals surface area contributed by atoms with Crippen LogP contribution in [0.3, 0.4) is 0 Å². The van der Waals surface area contributed by atoms with Gasteiger partial charge in [-0.15, -0.1) is 0 Å². The molecular weight excluding hydrogens is 162 g/mol. The number of halogens is 3. The third-order valence-corrected chi connectivity index (χ3v) is 0. The standard InChI is InChI=1S/3ClH.Fe/h3*1H;/p-3. The van der Waals surface area contributed by atoms with Gasteiger partial charge >= 0.3 is 0 Å². The van der Waals surface area contributed by atoms with Crippen molar-refractivity contribution in [2.24, 2.45) is 0 Å². The molecular formula is Cl3Fe-3. The fraction of sp³-hybridized carbons (Fsp3) is 0. The zero-order chi connectivity index (χ0) is 0. The Kier molecular flexibility index (Phi) is 351. The second-order valence-corrected chi connectivity index (χ2v) is 0.